The fourth-order valence-electron chi connectivity index (χ4n) is 3.53. The summed E-state index contributed by atoms with van der Waals surface area (Å²) in [6.45, 7) is 6.38. The summed E-state index contributed by atoms with van der Waals surface area (Å²) in [6, 6.07) is 0.433. The molecule has 1 aliphatic carbocycles. The van der Waals surface area contributed by atoms with Crippen molar-refractivity contribution in [2.45, 2.75) is 63.2 Å². The molecule has 0 aromatic heterocycles. The predicted molar refractivity (Wildman–Crippen MR) is 98.2 cm³/mol. The molecule has 7 heteroatoms. The Morgan fingerprint density at radius 2 is 1.83 bits per heavy atom. The molecular formula is C17H33N3O3S. The van der Waals surface area contributed by atoms with E-state index in [4.69, 9.17) is 4.74 Å². The molecule has 1 aliphatic heterocycles. The first kappa shape index (κ1) is 19.5. The molecule has 0 unspecified atom stereocenters. The van der Waals surface area contributed by atoms with Gasteiger partial charge in [-0.1, -0.05) is 6.92 Å². The Kier molecular flexibility index (Phi) is 6.92. The summed E-state index contributed by atoms with van der Waals surface area (Å²) in [6.07, 6.45) is 7.15. The minimum absolute atomic E-state index is 0.299. The normalized spacial score (nSPS) is 28.4. The van der Waals surface area contributed by atoms with Crippen LogP contribution in [0.4, 0.5) is 0 Å². The molecule has 0 spiro atoms. The average molecular weight is 360 g/mol. The molecule has 1 saturated carbocycles. The molecule has 0 bridgehead atoms. The van der Waals surface area contributed by atoms with Crippen molar-refractivity contribution in [1.29, 1.82) is 0 Å². The Morgan fingerprint density at radius 1 is 1.21 bits per heavy atom. The first-order chi connectivity index (χ1) is 11.4. The summed E-state index contributed by atoms with van der Waals surface area (Å²) >= 11 is 0. The summed E-state index contributed by atoms with van der Waals surface area (Å²) in [5, 5.41) is 6.76. The van der Waals surface area contributed by atoms with Crippen molar-refractivity contribution < 1.29 is 13.2 Å². The number of rotatable bonds is 5. The van der Waals surface area contributed by atoms with E-state index < -0.39 is 14.6 Å². The predicted octanol–water partition coefficient (Wildman–Crippen LogP) is 1.71. The van der Waals surface area contributed by atoms with Gasteiger partial charge in [0.05, 0.1) is 11.3 Å². The van der Waals surface area contributed by atoms with Gasteiger partial charge in [0.2, 0.25) is 0 Å². The third-order valence-electron chi connectivity index (χ3n) is 5.42. The van der Waals surface area contributed by atoms with Crippen molar-refractivity contribution in [3.8, 4) is 0 Å². The highest BCUT2D eigenvalue weighted by Crippen LogP contribution is 2.30. The first-order valence-corrected chi connectivity index (χ1v) is 11.1. The van der Waals surface area contributed by atoms with E-state index in [2.05, 4.69) is 22.5 Å². The average Bonchev–Trinajstić information content (AvgIpc) is 2.55. The molecule has 1 heterocycles. The number of sulfone groups is 1. The van der Waals surface area contributed by atoms with Gasteiger partial charge in [-0.3, -0.25) is 4.99 Å². The van der Waals surface area contributed by atoms with Crippen LogP contribution in [0.3, 0.4) is 0 Å². The van der Waals surface area contributed by atoms with E-state index in [0.29, 0.717) is 38.6 Å². The van der Waals surface area contributed by atoms with E-state index in [0.717, 1.165) is 31.3 Å². The number of hydrogen-bond donors (Lipinski definition) is 2. The van der Waals surface area contributed by atoms with Crippen LogP contribution in [0, 0.1) is 5.92 Å². The standard InChI is InChI=1S/C17H33N3O3S/c1-4-18-16(20-15-7-5-14(2)6-8-15)19-13-17(24(3,21)22)9-11-23-12-10-17/h14-15H,4-13H2,1-3H3,(H2,18,19,20). The van der Waals surface area contributed by atoms with Gasteiger partial charge in [0.25, 0.3) is 0 Å². The number of nitrogens with one attached hydrogen (secondary N) is 2. The zero-order valence-electron chi connectivity index (χ0n) is 15.3. The van der Waals surface area contributed by atoms with Gasteiger partial charge < -0.3 is 15.4 Å². The minimum atomic E-state index is -3.18. The summed E-state index contributed by atoms with van der Waals surface area (Å²) in [5.74, 6) is 1.55. The molecule has 2 rings (SSSR count). The molecule has 2 fully saturated rings. The van der Waals surface area contributed by atoms with Crippen LogP contribution in [-0.2, 0) is 14.6 Å². The number of hydrogen-bond acceptors (Lipinski definition) is 4. The van der Waals surface area contributed by atoms with Crippen molar-refractivity contribution >= 4 is 15.8 Å². The minimum Gasteiger partial charge on any atom is -0.381 e. The van der Waals surface area contributed by atoms with Crippen LogP contribution in [0.15, 0.2) is 4.99 Å². The van der Waals surface area contributed by atoms with Crippen molar-refractivity contribution in [1.82, 2.24) is 10.6 Å². The van der Waals surface area contributed by atoms with Gasteiger partial charge >= 0.3 is 0 Å². The highest BCUT2D eigenvalue weighted by molar-refractivity contribution is 7.92. The van der Waals surface area contributed by atoms with Gasteiger partial charge in [-0.25, -0.2) is 8.42 Å². The third kappa shape index (κ3) is 5.09. The maximum atomic E-state index is 12.3. The molecule has 24 heavy (non-hydrogen) atoms. The molecular weight excluding hydrogens is 326 g/mol. The molecule has 1 saturated heterocycles. The maximum Gasteiger partial charge on any atom is 0.191 e. The van der Waals surface area contributed by atoms with E-state index in [1.165, 1.54) is 19.1 Å². The van der Waals surface area contributed by atoms with Gasteiger partial charge in [0.1, 0.15) is 0 Å². The molecule has 0 aromatic rings. The van der Waals surface area contributed by atoms with Crippen molar-refractivity contribution in [3.05, 3.63) is 0 Å². The fourth-order valence-corrected chi connectivity index (χ4v) is 4.74. The van der Waals surface area contributed by atoms with Crippen molar-refractivity contribution in [2.24, 2.45) is 10.9 Å². The van der Waals surface area contributed by atoms with Crippen LogP contribution in [-0.4, -0.2) is 57.7 Å². The van der Waals surface area contributed by atoms with Crippen molar-refractivity contribution in [2.75, 3.05) is 32.6 Å². The Balaban J connectivity index is 2.05. The Hall–Kier alpha value is -0.820. The number of guanidine groups is 1. The van der Waals surface area contributed by atoms with Crippen LogP contribution in [0.25, 0.3) is 0 Å². The monoisotopic (exact) mass is 359 g/mol. The van der Waals surface area contributed by atoms with E-state index in [1.54, 1.807) is 0 Å². The highest BCUT2D eigenvalue weighted by atomic mass is 32.2. The largest absolute Gasteiger partial charge is 0.381 e. The van der Waals surface area contributed by atoms with E-state index in [-0.39, 0.29) is 0 Å². The van der Waals surface area contributed by atoms with Crippen LogP contribution in [0.1, 0.15) is 52.4 Å². The van der Waals surface area contributed by atoms with Crippen molar-refractivity contribution in [3.63, 3.8) is 0 Å². The Labute approximate surface area is 146 Å². The summed E-state index contributed by atoms with van der Waals surface area (Å²) in [5.41, 5.74) is 0. The smallest absolute Gasteiger partial charge is 0.191 e. The third-order valence-corrected chi connectivity index (χ3v) is 7.53. The molecule has 2 aliphatic rings. The fraction of sp³-hybridized carbons (Fsp3) is 0.941. The zero-order valence-corrected chi connectivity index (χ0v) is 16.1. The maximum absolute atomic E-state index is 12.3. The lowest BCUT2D eigenvalue weighted by Crippen LogP contribution is -2.49. The van der Waals surface area contributed by atoms with Crippen LogP contribution >= 0.6 is 0 Å². The molecule has 0 radical (unpaired) electrons. The summed E-state index contributed by atoms with van der Waals surface area (Å²) in [7, 11) is -3.18. The molecule has 6 nitrogen and oxygen atoms in total. The Bertz CT molecular complexity index is 519. The summed E-state index contributed by atoms with van der Waals surface area (Å²) < 4.78 is 29.3. The lowest BCUT2D eigenvalue weighted by Gasteiger charge is -2.34. The molecule has 0 amide bonds. The first-order valence-electron chi connectivity index (χ1n) is 9.18. The van der Waals surface area contributed by atoms with Gasteiger partial charge in [0, 0.05) is 32.1 Å². The molecule has 2 N–H and O–H groups in total. The highest BCUT2D eigenvalue weighted by Gasteiger charge is 2.42. The topological polar surface area (TPSA) is 79.8 Å². The second-order valence-electron chi connectivity index (χ2n) is 7.36. The lowest BCUT2D eigenvalue weighted by atomic mass is 9.87. The van der Waals surface area contributed by atoms with Gasteiger partial charge in [-0.15, -0.1) is 0 Å². The molecule has 0 atom stereocenters. The number of ether oxygens (including phenoxy) is 1. The molecule has 0 aromatic carbocycles. The van der Waals surface area contributed by atoms with E-state index in [9.17, 15) is 8.42 Å². The van der Waals surface area contributed by atoms with Crippen LogP contribution < -0.4 is 10.6 Å². The van der Waals surface area contributed by atoms with Gasteiger partial charge in [-0.2, -0.15) is 0 Å². The second kappa shape index (κ2) is 8.52. The summed E-state index contributed by atoms with van der Waals surface area (Å²) in [4.78, 5) is 4.65. The van der Waals surface area contributed by atoms with E-state index >= 15 is 0 Å². The quantitative estimate of drug-likeness (QED) is 0.577. The SMILES string of the molecule is CCNC(=NCC1(S(C)(=O)=O)CCOCC1)NC1CCC(C)CC1. The zero-order chi connectivity index (χ0) is 17.6. The van der Waals surface area contributed by atoms with E-state index in [1.807, 2.05) is 6.92 Å². The number of nitrogens with zero attached hydrogens (tertiary/aromatic N) is 1. The Morgan fingerprint density at radius 3 is 2.38 bits per heavy atom. The number of aliphatic imine (C=N–C) groups is 1. The van der Waals surface area contributed by atoms with Gasteiger partial charge in [-0.05, 0) is 51.4 Å². The van der Waals surface area contributed by atoms with Crippen LogP contribution in [0.5, 0.6) is 0 Å². The van der Waals surface area contributed by atoms with Gasteiger partial charge in [0.15, 0.2) is 15.8 Å². The second-order valence-corrected chi connectivity index (χ2v) is 9.77. The molecule has 140 valence electrons. The lowest BCUT2D eigenvalue weighted by molar-refractivity contribution is 0.0768. The van der Waals surface area contributed by atoms with Crippen LogP contribution in [0.2, 0.25) is 0 Å².